The van der Waals surface area contributed by atoms with Gasteiger partial charge in [-0.2, -0.15) is 0 Å². The molecular weight excluding hydrogens is 350 g/mol. The highest BCUT2D eigenvalue weighted by atomic mass is 32.2. The highest BCUT2D eigenvalue weighted by Gasteiger charge is 2.23. The van der Waals surface area contributed by atoms with E-state index in [0.717, 1.165) is 6.07 Å². The van der Waals surface area contributed by atoms with Crippen LogP contribution in [0.1, 0.15) is 16.9 Å². The van der Waals surface area contributed by atoms with Gasteiger partial charge in [0, 0.05) is 12.1 Å². The van der Waals surface area contributed by atoms with Crippen LogP contribution in [0.3, 0.4) is 0 Å². The van der Waals surface area contributed by atoms with E-state index in [1.807, 2.05) is 0 Å². The standard InChI is InChI=1S/C15H17N3O6S/c1-10-6-12(18(20)21)7-14(11(10)2)25(22,23)17-9-15(19)16-8-13-4-3-5-24-13/h3-7,17H,8-9H2,1-2H3,(H,16,19). The van der Waals surface area contributed by atoms with Crippen molar-refractivity contribution < 1.29 is 22.6 Å². The van der Waals surface area contributed by atoms with E-state index >= 15 is 0 Å². The lowest BCUT2D eigenvalue weighted by Crippen LogP contribution is -2.36. The van der Waals surface area contributed by atoms with Gasteiger partial charge in [0.15, 0.2) is 0 Å². The second-order valence-corrected chi connectivity index (χ2v) is 7.06. The Kier molecular flexibility index (Phi) is 5.55. The molecule has 0 aliphatic heterocycles. The molecule has 134 valence electrons. The highest BCUT2D eigenvalue weighted by Crippen LogP contribution is 2.25. The zero-order valence-corrected chi connectivity index (χ0v) is 14.4. The Hall–Kier alpha value is -2.72. The number of benzene rings is 1. The summed E-state index contributed by atoms with van der Waals surface area (Å²) in [6.07, 6.45) is 1.46. The number of nitro groups is 1. The van der Waals surface area contributed by atoms with Gasteiger partial charge in [-0.1, -0.05) is 0 Å². The van der Waals surface area contributed by atoms with E-state index in [9.17, 15) is 23.3 Å². The van der Waals surface area contributed by atoms with E-state index in [0.29, 0.717) is 16.9 Å². The molecule has 25 heavy (non-hydrogen) atoms. The van der Waals surface area contributed by atoms with E-state index in [4.69, 9.17) is 4.42 Å². The van der Waals surface area contributed by atoms with Crippen LogP contribution in [0.2, 0.25) is 0 Å². The van der Waals surface area contributed by atoms with Gasteiger partial charge in [0.1, 0.15) is 5.76 Å². The van der Waals surface area contributed by atoms with Gasteiger partial charge >= 0.3 is 0 Å². The minimum Gasteiger partial charge on any atom is -0.467 e. The molecule has 0 bridgehead atoms. The van der Waals surface area contributed by atoms with Crippen molar-refractivity contribution in [2.45, 2.75) is 25.3 Å². The number of amides is 1. The average molecular weight is 367 g/mol. The molecule has 1 heterocycles. The zero-order chi connectivity index (χ0) is 18.6. The minimum absolute atomic E-state index is 0.127. The van der Waals surface area contributed by atoms with Gasteiger partial charge in [-0.3, -0.25) is 14.9 Å². The Bertz CT molecular complexity index is 890. The maximum Gasteiger partial charge on any atom is 0.271 e. The number of nitrogens with zero attached hydrogens (tertiary/aromatic N) is 1. The molecule has 2 aromatic rings. The molecule has 0 fully saturated rings. The van der Waals surface area contributed by atoms with Crippen molar-refractivity contribution in [3.8, 4) is 0 Å². The van der Waals surface area contributed by atoms with Crippen molar-refractivity contribution >= 4 is 21.6 Å². The molecule has 0 radical (unpaired) electrons. The minimum atomic E-state index is -4.08. The molecule has 0 aliphatic rings. The van der Waals surface area contributed by atoms with E-state index in [1.165, 1.54) is 12.3 Å². The molecular formula is C15H17N3O6S. The molecule has 0 unspecified atom stereocenters. The molecule has 9 nitrogen and oxygen atoms in total. The monoisotopic (exact) mass is 367 g/mol. The number of nitrogens with one attached hydrogen (secondary N) is 2. The van der Waals surface area contributed by atoms with Crippen molar-refractivity contribution in [3.63, 3.8) is 0 Å². The summed E-state index contributed by atoms with van der Waals surface area (Å²) in [5.41, 5.74) is 0.525. The quantitative estimate of drug-likeness (QED) is 0.562. The van der Waals surface area contributed by atoms with Crippen LogP contribution in [0.4, 0.5) is 5.69 Å². The third-order valence-electron chi connectivity index (χ3n) is 3.57. The van der Waals surface area contributed by atoms with Crippen molar-refractivity contribution in [1.29, 1.82) is 0 Å². The molecule has 0 aliphatic carbocycles. The maximum absolute atomic E-state index is 12.4. The van der Waals surface area contributed by atoms with Crippen molar-refractivity contribution in [3.05, 3.63) is 57.5 Å². The highest BCUT2D eigenvalue weighted by molar-refractivity contribution is 7.89. The number of hydrogen-bond donors (Lipinski definition) is 2. The van der Waals surface area contributed by atoms with Crippen LogP contribution in [0.15, 0.2) is 39.8 Å². The fourth-order valence-corrected chi connectivity index (χ4v) is 3.41. The van der Waals surface area contributed by atoms with Crippen LogP contribution < -0.4 is 10.0 Å². The molecule has 1 amide bonds. The number of aryl methyl sites for hydroxylation is 1. The molecule has 2 N–H and O–H groups in total. The lowest BCUT2D eigenvalue weighted by Gasteiger charge is -2.11. The van der Waals surface area contributed by atoms with Crippen LogP contribution in [0.5, 0.6) is 0 Å². The van der Waals surface area contributed by atoms with E-state index in [-0.39, 0.29) is 17.1 Å². The lowest BCUT2D eigenvalue weighted by atomic mass is 10.1. The number of carbonyl (C=O) groups is 1. The molecule has 0 saturated heterocycles. The SMILES string of the molecule is Cc1cc([N+](=O)[O-])cc(S(=O)(=O)NCC(=O)NCc2ccco2)c1C. The Balaban J connectivity index is 2.08. The Morgan fingerprint density at radius 1 is 1.32 bits per heavy atom. The second kappa shape index (κ2) is 7.45. The van der Waals surface area contributed by atoms with Crippen molar-refractivity contribution in [2.24, 2.45) is 0 Å². The molecule has 2 rings (SSSR count). The summed E-state index contributed by atoms with van der Waals surface area (Å²) in [4.78, 5) is 21.8. The third-order valence-corrected chi connectivity index (χ3v) is 5.09. The van der Waals surface area contributed by atoms with Gasteiger partial charge in [-0.25, -0.2) is 13.1 Å². The molecule has 0 spiro atoms. The summed E-state index contributed by atoms with van der Waals surface area (Å²) in [6, 6.07) is 5.60. The van der Waals surface area contributed by atoms with Crippen LogP contribution in [0, 0.1) is 24.0 Å². The van der Waals surface area contributed by atoms with Gasteiger partial charge in [0.2, 0.25) is 15.9 Å². The normalized spacial score (nSPS) is 11.3. The third kappa shape index (κ3) is 4.64. The smallest absolute Gasteiger partial charge is 0.271 e. The Morgan fingerprint density at radius 2 is 2.04 bits per heavy atom. The Morgan fingerprint density at radius 3 is 2.64 bits per heavy atom. The number of hydrogen-bond acceptors (Lipinski definition) is 6. The van der Waals surface area contributed by atoms with Crippen LogP contribution in [-0.2, 0) is 21.4 Å². The molecule has 0 atom stereocenters. The average Bonchev–Trinajstić information content (AvgIpc) is 3.06. The first-order valence-electron chi connectivity index (χ1n) is 7.25. The van der Waals surface area contributed by atoms with Gasteiger partial charge < -0.3 is 9.73 Å². The summed E-state index contributed by atoms with van der Waals surface area (Å²) in [7, 11) is -4.08. The first-order valence-corrected chi connectivity index (χ1v) is 8.73. The number of sulfonamides is 1. The maximum atomic E-state index is 12.4. The van der Waals surface area contributed by atoms with Gasteiger partial charge in [-0.15, -0.1) is 0 Å². The van der Waals surface area contributed by atoms with Gasteiger partial charge in [0.05, 0.1) is 29.2 Å². The molecule has 1 aromatic carbocycles. The molecule has 10 heteroatoms. The van der Waals surface area contributed by atoms with Gasteiger partial charge in [-0.05, 0) is 37.1 Å². The number of furan rings is 1. The largest absolute Gasteiger partial charge is 0.467 e. The number of non-ortho nitro benzene ring substituents is 1. The van der Waals surface area contributed by atoms with E-state index in [2.05, 4.69) is 10.0 Å². The summed E-state index contributed by atoms with van der Waals surface area (Å²) in [6.45, 7) is 2.76. The van der Waals surface area contributed by atoms with Crippen molar-refractivity contribution in [2.75, 3.05) is 6.54 Å². The predicted molar refractivity (Wildman–Crippen MR) is 88.3 cm³/mol. The second-order valence-electron chi connectivity index (χ2n) is 5.32. The van der Waals surface area contributed by atoms with Crippen LogP contribution >= 0.6 is 0 Å². The predicted octanol–water partition coefficient (Wildman–Crippen LogP) is 1.40. The topological polar surface area (TPSA) is 132 Å². The van der Waals surface area contributed by atoms with E-state index in [1.54, 1.807) is 26.0 Å². The Labute approximate surface area is 144 Å². The number of nitro benzene ring substituents is 1. The summed E-state index contributed by atoms with van der Waals surface area (Å²) in [5.74, 6) is -0.0267. The lowest BCUT2D eigenvalue weighted by molar-refractivity contribution is -0.385. The fourth-order valence-electron chi connectivity index (χ4n) is 2.09. The number of rotatable bonds is 7. The molecule has 1 aromatic heterocycles. The van der Waals surface area contributed by atoms with Crippen LogP contribution in [-0.4, -0.2) is 25.8 Å². The van der Waals surface area contributed by atoms with Crippen molar-refractivity contribution in [1.82, 2.24) is 10.0 Å². The van der Waals surface area contributed by atoms with Gasteiger partial charge in [0.25, 0.3) is 5.69 Å². The summed E-state index contributed by atoms with van der Waals surface area (Å²) >= 11 is 0. The summed E-state index contributed by atoms with van der Waals surface area (Å²) < 4.78 is 32.0. The first-order chi connectivity index (χ1) is 11.7. The van der Waals surface area contributed by atoms with E-state index < -0.39 is 27.4 Å². The zero-order valence-electron chi connectivity index (χ0n) is 13.6. The first kappa shape index (κ1) is 18.6. The fraction of sp³-hybridized carbons (Fsp3) is 0.267. The summed E-state index contributed by atoms with van der Waals surface area (Å²) in [5, 5.41) is 13.4. The van der Waals surface area contributed by atoms with Crippen LogP contribution in [0.25, 0.3) is 0 Å². The molecule has 0 saturated carbocycles. The number of carbonyl (C=O) groups excluding carboxylic acids is 1.